The number of para-hydroxylation sites is 1. The summed E-state index contributed by atoms with van der Waals surface area (Å²) in [6.45, 7) is 1.98. The molecule has 0 N–H and O–H groups in total. The van der Waals surface area contributed by atoms with Gasteiger partial charge in [-0.05, 0) is 29.2 Å². The summed E-state index contributed by atoms with van der Waals surface area (Å²) in [5, 5.41) is 0.542. The molecule has 0 unspecified atom stereocenters. The number of pyridine rings is 1. The summed E-state index contributed by atoms with van der Waals surface area (Å²) in [6.07, 6.45) is -2.14. The molecule has 22 heavy (non-hydrogen) atoms. The van der Waals surface area contributed by atoms with Crippen molar-refractivity contribution in [3.05, 3.63) is 65.9 Å². The highest BCUT2D eigenvalue weighted by molar-refractivity contribution is 5.97. The molecule has 0 atom stereocenters. The highest BCUT2D eigenvalue weighted by Crippen LogP contribution is 2.38. The predicted octanol–water partition coefficient (Wildman–Crippen LogP) is 5.48. The lowest BCUT2D eigenvalue weighted by molar-refractivity contribution is -0.136. The van der Waals surface area contributed by atoms with Crippen molar-refractivity contribution in [2.24, 2.45) is 0 Å². The summed E-state index contributed by atoms with van der Waals surface area (Å²) in [6, 6.07) is 13.7. The first-order valence-corrected chi connectivity index (χ1v) is 7.05. The molecule has 0 fully saturated rings. The van der Waals surface area contributed by atoms with E-state index in [0.717, 1.165) is 22.8 Å². The fourth-order valence-electron chi connectivity index (χ4n) is 2.71. The van der Waals surface area contributed by atoms with Crippen LogP contribution in [0.1, 0.15) is 18.1 Å². The second kappa shape index (κ2) is 5.44. The number of aromatic nitrogens is 1. The Hall–Kier alpha value is -2.36. The maximum atomic E-state index is 13.2. The van der Waals surface area contributed by atoms with E-state index in [0.29, 0.717) is 11.8 Å². The van der Waals surface area contributed by atoms with Crippen LogP contribution in [0.5, 0.6) is 0 Å². The van der Waals surface area contributed by atoms with Crippen molar-refractivity contribution in [2.75, 3.05) is 0 Å². The van der Waals surface area contributed by atoms with Gasteiger partial charge in [0.25, 0.3) is 0 Å². The summed E-state index contributed by atoms with van der Waals surface area (Å²) < 4.78 is 39.6. The van der Waals surface area contributed by atoms with Crippen LogP contribution in [0.2, 0.25) is 0 Å². The smallest absolute Gasteiger partial charge is 0.255 e. The van der Waals surface area contributed by atoms with Crippen LogP contribution < -0.4 is 0 Å². The first-order chi connectivity index (χ1) is 10.5. The van der Waals surface area contributed by atoms with Crippen LogP contribution >= 0.6 is 0 Å². The number of rotatable bonds is 2. The monoisotopic (exact) mass is 301 g/mol. The van der Waals surface area contributed by atoms with Gasteiger partial charge in [0.15, 0.2) is 0 Å². The van der Waals surface area contributed by atoms with Crippen molar-refractivity contribution in [1.82, 2.24) is 4.98 Å². The predicted molar refractivity (Wildman–Crippen MR) is 81.6 cm³/mol. The minimum Gasteiger partial charge on any atom is -0.255 e. The Morgan fingerprint density at radius 2 is 1.68 bits per heavy atom. The summed E-state index contributed by atoms with van der Waals surface area (Å²) in [5.74, 6) is 0. The molecule has 0 amide bonds. The van der Waals surface area contributed by atoms with Crippen molar-refractivity contribution in [2.45, 2.75) is 19.5 Å². The Morgan fingerprint density at radius 1 is 0.955 bits per heavy atom. The molecule has 0 saturated heterocycles. The van der Waals surface area contributed by atoms with Gasteiger partial charge in [-0.15, -0.1) is 0 Å². The Bertz CT molecular complexity index is 808. The molecule has 4 heteroatoms. The topological polar surface area (TPSA) is 12.9 Å². The van der Waals surface area contributed by atoms with Gasteiger partial charge in [-0.1, -0.05) is 49.4 Å². The summed E-state index contributed by atoms with van der Waals surface area (Å²) in [7, 11) is 0. The van der Waals surface area contributed by atoms with E-state index in [4.69, 9.17) is 0 Å². The fourth-order valence-corrected chi connectivity index (χ4v) is 2.71. The quantitative estimate of drug-likeness (QED) is 0.610. The maximum absolute atomic E-state index is 13.2. The van der Waals surface area contributed by atoms with Gasteiger partial charge in [0.1, 0.15) is 0 Å². The van der Waals surface area contributed by atoms with Gasteiger partial charge in [0.2, 0.25) is 0 Å². The van der Waals surface area contributed by atoms with E-state index in [9.17, 15) is 13.2 Å². The van der Waals surface area contributed by atoms with Crippen molar-refractivity contribution < 1.29 is 13.2 Å². The summed E-state index contributed by atoms with van der Waals surface area (Å²) in [5.41, 5.74) is 2.00. The molecule has 0 aliphatic heterocycles. The van der Waals surface area contributed by atoms with Crippen LogP contribution in [0.15, 0.2) is 54.7 Å². The largest absolute Gasteiger partial charge is 0.418 e. The third-order valence-electron chi connectivity index (χ3n) is 3.72. The SMILES string of the molecule is CCc1cnc2c(C(F)(F)F)cccc2c1-c1ccccc1. The molecule has 0 spiro atoms. The van der Waals surface area contributed by atoms with E-state index in [-0.39, 0.29) is 5.52 Å². The molecule has 3 aromatic rings. The van der Waals surface area contributed by atoms with E-state index in [1.54, 1.807) is 12.3 Å². The van der Waals surface area contributed by atoms with Crippen molar-refractivity contribution in [3.63, 3.8) is 0 Å². The van der Waals surface area contributed by atoms with Crippen LogP contribution in [0.25, 0.3) is 22.0 Å². The minimum absolute atomic E-state index is 0.00560. The summed E-state index contributed by atoms with van der Waals surface area (Å²) >= 11 is 0. The van der Waals surface area contributed by atoms with Gasteiger partial charge in [-0.25, -0.2) is 0 Å². The van der Waals surface area contributed by atoms with Crippen LogP contribution in [0.4, 0.5) is 13.2 Å². The van der Waals surface area contributed by atoms with Gasteiger partial charge >= 0.3 is 6.18 Å². The highest BCUT2D eigenvalue weighted by atomic mass is 19.4. The van der Waals surface area contributed by atoms with Crippen LogP contribution in [-0.2, 0) is 12.6 Å². The lowest BCUT2D eigenvalue weighted by Gasteiger charge is -2.15. The zero-order valence-electron chi connectivity index (χ0n) is 12.0. The van der Waals surface area contributed by atoms with E-state index < -0.39 is 11.7 Å². The number of halogens is 3. The van der Waals surface area contributed by atoms with Gasteiger partial charge in [-0.3, -0.25) is 4.98 Å². The third-order valence-corrected chi connectivity index (χ3v) is 3.72. The normalized spacial score (nSPS) is 11.8. The standard InChI is InChI=1S/C18H14F3N/c1-2-12-11-22-17-14(9-6-10-15(17)18(19,20)21)16(12)13-7-4-3-5-8-13/h3-11H,2H2,1H3. The molecule has 1 aromatic heterocycles. The Balaban J connectivity index is 2.39. The molecular formula is C18H14F3N. The van der Waals surface area contributed by atoms with Gasteiger partial charge in [-0.2, -0.15) is 13.2 Å². The summed E-state index contributed by atoms with van der Waals surface area (Å²) in [4.78, 5) is 4.08. The van der Waals surface area contributed by atoms with Crippen LogP contribution in [0.3, 0.4) is 0 Å². The Morgan fingerprint density at radius 3 is 2.32 bits per heavy atom. The minimum atomic E-state index is -4.41. The zero-order chi connectivity index (χ0) is 15.7. The number of hydrogen-bond acceptors (Lipinski definition) is 1. The second-order valence-corrected chi connectivity index (χ2v) is 5.08. The molecule has 0 saturated carbocycles. The average molecular weight is 301 g/mol. The van der Waals surface area contributed by atoms with E-state index in [1.165, 1.54) is 6.07 Å². The number of alkyl halides is 3. The zero-order valence-corrected chi connectivity index (χ0v) is 12.0. The molecule has 0 aliphatic carbocycles. The molecule has 3 rings (SSSR count). The van der Waals surface area contributed by atoms with Crippen molar-refractivity contribution in [3.8, 4) is 11.1 Å². The number of nitrogens with zero attached hydrogens (tertiary/aromatic N) is 1. The lowest BCUT2D eigenvalue weighted by Crippen LogP contribution is -2.07. The van der Waals surface area contributed by atoms with Gasteiger partial charge in [0, 0.05) is 11.6 Å². The number of aryl methyl sites for hydroxylation is 1. The number of benzene rings is 2. The number of fused-ring (bicyclic) bond motifs is 1. The van der Waals surface area contributed by atoms with E-state index in [1.807, 2.05) is 37.3 Å². The highest BCUT2D eigenvalue weighted by Gasteiger charge is 2.33. The lowest BCUT2D eigenvalue weighted by atomic mass is 9.94. The van der Waals surface area contributed by atoms with E-state index in [2.05, 4.69) is 4.98 Å². The fraction of sp³-hybridized carbons (Fsp3) is 0.167. The second-order valence-electron chi connectivity index (χ2n) is 5.08. The van der Waals surface area contributed by atoms with Crippen molar-refractivity contribution >= 4 is 10.9 Å². The maximum Gasteiger partial charge on any atom is 0.418 e. The van der Waals surface area contributed by atoms with Crippen molar-refractivity contribution in [1.29, 1.82) is 0 Å². The molecule has 1 heterocycles. The molecule has 1 nitrogen and oxygen atoms in total. The third kappa shape index (κ3) is 2.45. The Labute approximate surface area is 126 Å². The molecular weight excluding hydrogens is 287 g/mol. The average Bonchev–Trinajstić information content (AvgIpc) is 2.53. The van der Waals surface area contributed by atoms with Gasteiger partial charge in [0.05, 0.1) is 11.1 Å². The van der Waals surface area contributed by atoms with Crippen LogP contribution in [-0.4, -0.2) is 4.98 Å². The molecule has 0 aliphatic rings. The van der Waals surface area contributed by atoms with Crippen LogP contribution in [0, 0.1) is 0 Å². The molecule has 2 aromatic carbocycles. The first kappa shape index (κ1) is 14.6. The molecule has 0 bridgehead atoms. The van der Waals surface area contributed by atoms with E-state index >= 15 is 0 Å². The first-order valence-electron chi connectivity index (χ1n) is 7.05. The Kier molecular flexibility index (Phi) is 3.61. The molecule has 112 valence electrons. The molecule has 0 radical (unpaired) electrons. The van der Waals surface area contributed by atoms with Gasteiger partial charge < -0.3 is 0 Å². The number of hydrogen-bond donors (Lipinski definition) is 0.